The second kappa shape index (κ2) is 7.91. The maximum Gasteiger partial charge on any atom is 0.290 e. The van der Waals surface area contributed by atoms with E-state index in [2.05, 4.69) is 0 Å². The number of amides is 1. The monoisotopic (exact) mass is 410 g/mol. The van der Waals surface area contributed by atoms with Gasteiger partial charge in [0.25, 0.3) is 5.91 Å². The predicted octanol–water partition coefficient (Wildman–Crippen LogP) is 3.44. The van der Waals surface area contributed by atoms with E-state index in [-0.39, 0.29) is 33.6 Å². The third kappa shape index (κ3) is 3.45. The van der Waals surface area contributed by atoms with Crippen molar-refractivity contribution < 1.29 is 18.3 Å². The van der Waals surface area contributed by atoms with E-state index in [9.17, 15) is 14.0 Å². The number of fused-ring (bicyclic) bond motifs is 2. The zero-order valence-corrected chi connectivity index (χ0v) is 17.1. The Hall–Kier alpha value is -3.19. The standard InChI is InChI=1S/C23H23FN2O4/c1-25(2)10-5-11-26-20(14-6-4-7-16(12-14)29-3)19-21(27)17-13-15(24)8-9-18(17)30-22(19)23(26)28/h4,6-9,12-13,20H,5,10-11H2,1-3H3. The van der Waals surface area contributed by atoms with Crippen LogP contribution >= 0.6 is 0 Å². The second-order valence-corrected chi connectivity index (χ2v) is 7.65. The van der Waals surface area contributed by atoms with Crippen molar-refractivity contribution in [2.75, 3.05) is 34.3 Å². The number of hydrogen-bond donors (Lipinski definition) is 0. The summed E-state index contributed by atoms with van der Waals surface area (Å²) in [7, 11) is 5.49. The molecule has 1 aromatic heterocycles. The smallest absolute Gasteiger partial charge is 0.290 e. The summed E-state index contributed by atoms with van der Waals surface area (Å²) >= 11 is 0. The van der Waals surface area contributed by atoms with Crippen molar-refractivity contribution in [3.05, 3.63) is 75.4 Å². The molecule has 2 heterocycles. The van der Waals surface area contributed by atoms with Crippen LogP contribution in [0.3, 0.4) is 0 Å². The molecule has 4 rings (SSSR count). The molecule has 0 saturated carbocycles. The molecule has 7 heteroatoms. The van der Waals surface area contributed by atoms with Gasteiger partial charge in [-0.15, -0.1) is 0 Å². The molecule has 6 nitrogen and oxygen atoms in total. The summed E-state index contributed by atoms with van der Waals surface area (Å²) in [5.74, 6) is -0.214. The van der Waals surface area contributed by atoms with E-state index in [1.807, 2.05) is 31.1 Å². The lowest BCUT2D eigenvalue weighted by Crippen LogP contribution is -2.32. The summed E-state index contributed by atoms with van der Waals surface area (Å²) in [6.45, 7) is 1.24. The minimum absolute atomic E-state index is 0.0248. The van der Waals surface area contributed by atoms with Gasteiger partial charge in [0.05, 0.1) is 24.1 Å². The number of carbonyl (C=O) groups excluding carboxylic acids is 1. The van der Waals surface area contributed by atoms with E-state index in [4.69, 9.17) is 9.15 Å². The van der Waals surface area contributed by atoms with Crippen molar-refractivity contribution in [2.24, 2.45) is 0 Å². The van der Waals surface area contributed by atoms with E-state index >= 15 is 0 Å². The third-order valence-corrected chi connectivity index (χ3v) is 5.34. The third-order valence-electron chi connectivity index (χ3n) is 5.34. The van der Waals surface area contributed by atoms with Crippen molar-refractivity contribution >= 4 is 16.9 Å². The van der Waals surface area contributed by atoms with Crippen LogP contribution in [0.4, 0.5) is 4.39 Å². The highest BCUT2D eigenvalue weighted by molar-refractivity contribution is 5.99. The summed E-state index contributed by atoms with van der Waals surface area (Å²) < 4.78 is 25.0. The summed E-state index contributed by atoms with van der Waals surface area (Å²) in [5, 5.41) is 0.129. The van der Waals surface area contributed by atoms with Gasteiger partial charge in [0.1, 0.15) is 17.1 Å². The second-order valence-electron chi connectivity index (χ2n) is 7.65. The van der Waals surface area contributed by atoms with Gasteiger partial charge in [0, 0.05) is 6.54 Å². The first-order valence-corrected chi connectivity index (χ1v) is 9.76. The Morgan fingerprint density at radius 1 is 1.17 bits per heavy atom. The average molecular weight is 410 g/mol. The van der Waals surface area contributed by atoms with E-state index < -0.39 is 11.9 Å². The van der Waals surface area contributed by atoms with E-state index in [0.717, 1.165) is 24.6 Å². The number of halogens is 1. The highest BCUT2D eigenvalue weighted by Gasteiger charge is 2.42. The molecule has 0 N–H and O–H groups in total. The minimum atomic E-state index is -0.617. The molecule has 0 aliphatic carbocycles. The average Bonchev–Trinajstić information content (AvgIpc) is 3.01. The Morgan fingerprint density at radius 2 is 1.97 bits per heavy atom. The van der Waals surface area contributed by atoms with E-state index in [1.54, 1.807) is 24.1 Å². The van der Waals surface area contributed by atoms with Gasteiger partial charge in [-0.05, 0) is 63.0 Å². The molecule has 1 amide bonds. The number of carbonyl (C=O) groups is 1. The molecule has 0 fully saturated rings. The first-order chi connectivity index (χ1) is 14.4. The lowest BCUT2D eigenvalue weighted by Gasteiger charge is -2.26. The molecule has 1 aliphatic rings. The molecular weight excluding hydrogens is 387 g/mol. The zero-order valence-electron chi connectivity index (χ0n) is 17.1. The van der Waals surface area contributed by atoms with Crippen LogP contribution < -0.4 is 10.2 Å². The van der Waals surface area contributed by atoms with Crippen LogP contribution in [0, 0.1) is 5.82 Å². The van der Waals surface area contributed by atoms with Gasteiger partial charge < -0.3 is 19.0 Å². The Labute approximate surface area is 173 Å². The zero-order chi connectivity index (χ0) is 21.4. The number of benzene rings is 2. The molecule has 30 heavy (non-hydrogen) atoms. The highest BCUT2D eigenvalue weighted by Crippen LogP contribution is 2.39. The fourth-order valence-corrected chi connectivity index (χ4v) is 3.94. The van der Waals surface area contributed by atoms with Crippen LogP contribution in [0.1, 0.15) is 34.1 Å². The van der Waals surface area contributed by atoms with E-state index in [1.165, 1.54) is 12.1 Å². The van der Waals surface area contributed by atoms with Crippen molar-refractivity contribution in [1.82, 2.24) is 9.80 Å². The molecule has 1 atom stereocenters. The highest BCUT2D eigenvalue weighted by atomic mass is 19.1. The molecule has 0 radical (unpaired) electrons. The van der Waals surface area contributed by atoms with Gasteiger partial charge in [0.2, 0.25) is 5.76 Å². The molecule has 3 aromatic rings. The molecule has 0 spiro atoms. The number of ether oxygens (including phenoxy) is 1. The quantitative estimate of drug-likeness (QED) is 0.623. The van der Waals surface area contributed by atoms with E-state index in [0.29, 0.717) is 12.3 Å². The number of rotatable bonds is 6. The van der Waals surface area contributed by atoms with Crippen LogP contribution in [0.25, 0.3) is 11.0 Å². The van der Waals surface area contributed by atoms with Crippen molar-refractivity contribution in [3.8, 4) is 5.75 Å². The Kier molecular flexibility index (Phi) is 5.30. The largest absolute Gasteiger partial charge is 0.497 e. The molecule has 1 unspecified atom stereocenters. The Balaban J connectivity index is 1.89. The maximum atomic E-state index is 13.8. The summed E-state index contributed by atoms with van der Waals surface area (Å²) in [4.78, 5) is 30.3. The van der Waals surface area contributed by atoms with Gasteiger partial charge >= 0.3 is 0 Å². The van der Waals surface area contributed by atoms with Crippen molar-refractivity contribution in [2.45, 2.75) is 12.5 Å². The van der Waals surface area contributed by atoms with Gasteiger partial charge in [-0.25, -0.2) is 4.39 Å². The van der Waals surface area contributed by atoms with Crippen molar-refractivity contribution in [3.63, 3.8) is 0 Å². The molecular formula is C23H23FN2O4. The van der Waals surface area contributed by atoms with Crippen LogP contribution in [-0.2, 0) is 0 Å². The van der Waals surface area contributed by atoms with Gasteiger partial charge in [-0.3, -0.25) is 9.59 Å². The van der Waals surface area contributed by atoms with Crippen molar-refractivity contribution in [1.29, 1.82) is 0 Å². The molecule has 2 aromatic carbocycles. The number of hydrogen-bond acceptors (Lipinski definition) is 5. The first-order valence-electron chi connectivity index (χ1n) is 9.76. The fraction of sp³-hybridized carbons (Fsp3) is 0.304. The summed E-state index contributed by atoms with van der Waals surface area (Å²) in [6.07, 6.45) is 0.732. The van der Waals surface area contributed by atoms with Gasteiger partial charge in [0.15, 0.2) is 5.43 Å². The predicted molar refractivity (Wildman–Crippen MR) is 111 cm³/mol. The first kappa shape index (κ1) is 20.1. The normalized spacial score (nSPS) is 15.8. The summed E-state index contributed by atoms with van der Waals surface area (Å²) in [6, 6.07) is 10.4. The van der Waals surface area contributed by atoms with Crippen LogP contribution in [0.15, 0.2) is 51.7 Å². The number of methoxy groups -OCH3 is 1. The number of nitrogens with zero attached hydrogens (tertiary/aromatic N) is 2. The summed E-state index contributed by atoms with van der Waals surface area (Å²) in [5.41, 5.74) is 0.806. The topological polar surface area (TPSA) is 63.0 Å². The van der Waals surface area contributed by atoms with Crippen LogP contribution in [0.2, 0.25) is 0 Å². The lowest BCUT2D eigenvalue weighted by molar-refractivity contribution is 0.0722. The van der Waals surface area contributed by atoms with Gasteiger partial charge in [-0.1, -0.05) is 12.1 Å². The molecule has 0 saturated heterocycles. The fourth-order valence-electron chi connectivity index (χ4n) is 3.94. The minimum Gasteiger partial charge on any atom is -0.497 e. The molecule has 1 aliphatic heterocycles. The Bertz CT molecular complexity index is 1170. The van der Waals surface area contributed by atoms with Crippen LogP contribution in [-0.4, -0.2) is 50.0 Å². The maximum absolute atomic E-state index is 13.8. The molecule has 0 bridgehead atoms. The Morgan fingerprint density at radius 3 is 2.70 bits per heavy atom. The van der Waals surface area contributed by atoms with Crippen LogP contribution in [0.5, 0.6) is 5.75 Å². The van der Waals surface area contributed by atoms with Gasteiger partial charge in [-0.2, -0.15) is 0 Å². The molecule has 156 valence electrons. The SMILES string of the molecule is COc1cccc(C2c3c(oc4ccc(F)cc4c3=O)C(=O)N2CCCN(C)C)c1. The lowest BCUT2D eigenvalue weighted by atomic mass is 9.98.